The van der Waals surface area contributed by atoms with E-state index in [-0.39, 0.29) is 11.7 Å². The number of benzene rings is 2. The van der Waals surface area contributed by atoms with Gasteiger partial charge in [-0.15, -0.1) is 0 Å². The van der Waals surface area contributed by atoms with Crippen molar-refractivity contribution in [1.29, 1.82) is 0 Å². The average Bonchev–Trinajstić information content (AvgIpc) is 2.66. The Labute approximate surface area is 154 Å². The van der Waals surface area contributed by atoms with Crippen LogP contribution < -0.4 is 14.8 Å². The number of nitrogens with one attached hydrogen (secondary N) is 2. The fourth-order valence-electron chi connectivity index (χ4n) is 2.33. The van der Waals surface area contributed by atoms with Crippen molar-refractivity contribution in [2.45, 2.75) is 31.7 Å². The fourth-order valence-corrected chi connectivity index (χ4v) is 3.11. The molecule has 0 aromatic heterocycles. The third kappa shape index (κ3) is 6.16. The molecular weight excluding hydrogens is 352 g/mol. The largest absolute Gasteiger partial charge is 0.481 e. The van der Waals surface area contributed by atoms with Gasteiger partial charge in [-0.2, -0.15) is 0 Å². The lowest BCUT2D eigenvalue weighted by Gasteiger charge is -2.17. The molecule has 0 aliphatic rings. The van der Waals surface area contributed by atoms with Gasteiger partial charge in [0, 0.05) is 6.54 Å². The predicted octanol–water partition coefficient (Wildman–Crippen LogP) is 2.21. The van der Waals surface area contributed by atoms with Crippen LogP contribution in [0, 0.1) is 0 Å². The Balaban J connectivity index is 1.89. The summed E-state index contributed by atoms with van der Waals surface area (Å²) >= 11 is 0. The van der Waals surface area contributed by atoms with E-state index in [1.165, 1.54) is 7.05 Å². The van der Waals surface area contributed by atoms with E-state index in [4.69, 9.17) is 4.74 Å². The third-order valence-electron chi connectivity index (χ3n) is 3.84. The van der Waals surface area contributed by atoms with Gasteiger partial charge in [0.25, 0.3) is 5.91 Å². The number of carbonyl (C=O) groups excluding carboxylic acids is 1. The lowest BCUT2D eigenvalue weighted by atomic mass is 10.1. The smallest absolute Gasteiger partial charge is 0.261 e. The van der Waals surface area contributed by atoms with E-state index in [9.17, 15) is 13.2 Å². The summed E-state index contributed by atoms with van der Waals surface area (Å²) in [5, 5.41) is 2.85. The normalized spacial score (nSPS) is 12.4. The van der Waals surface area contributed by atoms with Gasteiger partial charge < -0.3 is 10.1 Å². The van der Waals surface area contributed by atoms with Gasteiger partial charge in [0.15, 0.2) is 6.10 Å². The number of ether oxygens (including phenoxy) is 1. The highest BCUT2D eigenvalue weighted by Crippen LogP contribution is 2.13. The topological polar surface area (TPSA) is 84.5 Å². The minimum atomic E-state index is -3.29. The van der Waals surface area contributed by atoms with E-state index in [2.05, 4.69) is 10.0 Å². The molecule has 1 amide bonds. The molecule has 2 aromatic carbocycles. The molecule has 26 heavy (non-hydrogen) atoms. The van der Waals surface area contributed by atoms with Gasteiger partial charge in [0.1, 0.15) is 5.75 Å². The summed E-state index contributed by atoms with van der Waals surface area (Å²) in [6, 6.07) is 16.3. The molecule has 0 bridgehead atoms. The molecule has 6 nitrogen and oxygen atoms in total. The second kappa shape index (κ2) is 9.35. The average molecular weight is 376 g/mol. The zero-order chi connectivity index (χ0) is 19.0. The van der Waals surface area contributed by atoms with Gasteiger partial charge in [-0.1, -0.05) is 49.4 Å². The lowest BCUT2D eigenvalue weighted by Crippen LogP contribution is -2.37. The maximum atomic E-state index is 12.3. The predicted molar refractivity (Wildman–Crippen MR) is 101 cm³/mol. The molecule has 2 aromatic rings. The highest BCUT2D eigenvalue weighted by Gasteiger charge is 2.18. The number of hydrogen-bond acceptors (Lipinski definition) is 4. The molecule has 0 aliphatic carbocycles. The van der Waals surface area contributed by atoms with E-state index < -0.39 is 16.1 Å². The Kier molecular flexibility index (Phi) is 7.17. The van der Waals surface area contributed by atoms with Crippen LogP contribution in [0.4, 0.5) is 0 Å². The van der Waals surface area contributed by atoms with Crippen LogP contribution in [0.2, 0.25) is 0 Å². The van der Waals surface area contributed by atoms with Crippen molar-refractivity contribution in [3.05, 3.63) is 65.7 Å². The van der Waals surface area contributed by atoms with Gasteiger partial charge in [-0.25, -0.2) is 13.1 Å². The van der Waals surface area contributed by atoms with E-state index in [0.717, 1.165) is 5.56 Å². The molecule has 140 valence electrons. The zero-order valence-electron chi connectivity index (χ0n) is 14.9. The number of para-hydroxylation sites is 1. The Morgan fingerprint density at radius 3 is 2.23 bits per heavy atom. The summed E-state index contributed by atoms with van der Waals surface area (Å²) in [6.45, 7) is 2.25. The minimum absolute atomic E-state index is 0.0705. The first kappa shape index (κ1) is 19.9. The van der Waals surface area contributed by atoms with Crippen molar-refractivity contribution in [2.24, 2.45) is 0 Å². The molecule has 0 heterocycles. The monoisotopic (exact) mass is 376 g/mol. The maximum absolute atomic E-state index is 12.3. The van der Waals surface area contributed by atoms with E-state index in [1.807, 2.05) is 37.3 Å². The van der Waals surface area contributed by atoms with Crippen LogP contribution in [0.5, 0.6) is 5.75 Å². The van der Waals surface area contributed by atoms with Crippen molar-refractivity contribution in [3.63, 3.8) is 0 Å². The van der Waals surface area contributed by atoms with Crippen molar-refractivity contribution in [1.82, 2.24) is 10.0 Å². The molecule has 0 fully saturated rings. The summed E-state index contributed by atoms with van der Waals surface area (Å²) in [4.78, 5) is 12.3. The molecular formula is C19H24N2O4S. The molecule has 0 spiro atoms. The number of hydrogen-bond donors (Lipinski definition) is 2. The van der Waals surface area contributed by atoms with Crippen LogP contribution >= 0.6 is 0 Å². The fraction of sp³-hybridized carbons (Fsp3) is 0.316. The summed E-state index contributed by atoms with van der Waals surface area (Å²) in [5.74, 6) is 0.404. The molecule has 0 unspecified atom stereocenters. The van der Waals surface area contributed by atoms with Crippen LogP contribution in [0.15, 0.2) is 54.6 Å². The molecule has 1 atom stereocenters. The second-order valence-electron chi connectivity index (χ2n) is 5.83. The molecule has 0 saturated heterocycles. The minimum Gasteiger partial charge on any atom is -0.481 e. The standard InChI is InChI=1S/C19H24N2O4S/c1-3-18(25-17-7-5-4-6-8-17)19(22)21-13-15-9-11-16(12-10-15)14-26(23,24)20-2/h4-12,18,20H,3,13-14H2,1-2H3,(H,21,22)/t18-/m0/s1. The number of carbonyl (C=O) groups is 1. The van der Waals surface area contributed by atoms with Crippen LogP contribution in [0.3, 0.4) is 0 Å². The van der Waals surface area contributed by atoms with E-state index in [0.29, 0.717) is 24.3 Å². The van der Waals surface area contributed by atoms with Crippen molar-refractivity contribution in [3.8, 4) is 5.75 Å². The highest BCUT2D eigenvalue weighted by atomic mass is 32.2. The molecule has 2 N–H and O–H groups in total. The van der Waals surface area contributed by atoms with Crippen LogP contribution in [0.1, 0.15) is 24.5 Å². The summed E-state index contributed by atoms with van der Waals surface area (Å²) in [7, 11) is -1.90. The van der Waals surface area contributed by atoms with Crippen molar-refractivity contribution in [2.75, 3.05) is 7.05 Å². The Bertz CT molecular complexity index is 805. The molecule has 7 heteroatoms. The van der Waals surface area contributed by atoms with Crippen LogP contribution in [0.25, 0.3) is 0 Å². The maximum Gasteiger partial charge on any atom is 0.261 e. The summed E-state index contributed by atoms with van der Waals surface area (Å²) in [5.41, 5.74) is 1.58. The number of sulfonamides is 1. The van der Waals surface area contributed by atoms with E-state index >= 15 is 0 Å². The van der Waals surface area contributed by atoms with Gasteiger partial charge in [0.05, 0.1) is 5.75 Å². The van der Waals surface area contributed by atoms with Gasteiger partial charge in [0.2, 0.25) is 10.0 Å². The molecule has 2 rings (SSSR count). The van der Waals surface area contributed by atoms with Gasteiger partial charge in [-0.05, 0) is 36.7 Å². The van der Waals surface area contributed by atoms with Crippen molar-refractivity contribution >= 4 is 15.9 Å². The quantitative estimate of drug-likeness (QED) is 0.703. The Morgan fingerprint density at radius 2 is 1.65 bits per heavy atom. The first-order valence-corrected chi connectivity index (χ1v) is 10.1. The molecule has 0 aliphatic heterocycles. The van der Waals surface area contributed by atoms with Gasteiger partial charge >= 0.3 is 0 Å². The molecule has 0 saturated carbocycles. The van der Waals surface area contributed by atoms with Crippen molar-refractivity contribution < 1.29 is 17.9 Å². The van der Waals surface area contributed by atoms with Crippen LogP contribution in [-0.4, -0.2) is 27.5 Å². The number of rotatable bonds is 9. The first-order chi connectivity index (χ1) is 12.4. The lowest BCUT2D eigenvalue weighted by molar-refractivity contribution is -0.128. The number of amides is 1. The second-order valence-corrected chi connectivity index (χ2v) is 7.75. The summed E-state index contributed by atoms with van der Waals surface area (Å²) < 4.78 is 31.1. The Morgan fingerprint density at radius 1 is 1.04 bits per heavy atom. The SMILES string of the molecule is CC[C@H](Oc1ccccc1)C(=O)NCc1ccc(CS(=O)(=O)NC)cc1. The van der Waals surface area contributed by atoms with Crippen LogP contribution in [-0.2, 0) is 27.1 Å². The van der Waals surface area contributed by atoms with E-state index in [1.54, 1.807) is 24.3 Å². The van der Waals surface area contributed by atoms with Gasteiger partial charge in [-0.3, -0.25) is 4.79 Å². The molecule has 0 radical (unpaired) electrons. The zero-order valence-corrected chi connectivity index (χ0v) is 15.8. The third-order valence-corrected chi connectivity index (χ3v) is 5.18. The Hall–Kier alpha value is -2.38. The summed E-state index contributed by atoms with van der Waals surface area (Å²) in [6.07, 6.45) is -0.000835. The highest BCUT2D eigenvalue weighted by molar-refractivity contribution is 7.88. The first-order valence-electron chi connectivity index (χ1n) is 8.42.